The number of urea groups is 1. The van der Waals surface area contributed by atoms with Crippen LogP contribution in [0.1, 0.15) is 30.0 Å². The van der Waals surface area contributed by atoms with Crippen molar-refractivity contribution in [1.82, 2.24) is 20.3 Å². The number of rotatable bonds is 11. The Morgan fingerprint density at radius 1 is 1.00 bits per heavy atom. The standard InChI is InChI=1S/C25H26ClF3N6O4/c1-3-35(4-2)13-14-38-34-23(36)22-30-12-11-21(33-22)39-18-8-5-16(6-9-18)31-24(37)32-17-7-10-20(26)19(15-17)25(27,28)29/h5-12,15H,3-4,13-14H2,1-2H3,(H,34,36)(H2,31,32,37). The topological polar surface area (TPSA) is 118 Å². The number of carbonyl (C=O) groups is 2. The summed E-state index contributed by atoms with van der Waals surface area (Å²) in [5.41, 5.74) is 1.50. The average Bonchev–Trinajstić information content (AvgIpc) is 2.90. The Kier molecular flexibility index (Phi) is 10.4. The van der Waals surface area contributed by atoms with E-state index in [1.165, 1.54) is 42.6 Å². The first-order valence-electron chi connectivity index (χ1n) is 11.8. The number of anilines is 2. The minimum atomic E-state index is -4.66. The second kappa shape index (κ2) is 13.7. The molecule has 1 aromatic heterocycles. The van der Waals surface area contributed by atoms with Crippen molar-refractivity contribution in [3.05, 3.63) is 71.1 Å². The fraction of sp³-hybridized carbons (Fsp3) is 0.280. The summed E-state index contributed by atoms with van der Waals surface area (Å²) in [5.74, 6) is -0.344. The van der Waals surface area contributed by atoms with E-state index in [0.717, 1.165) is 25.2 Å². The summed E-state index contributed by atoms with van der Waals surface area (Å²) in [4.78, 5) is 39.8. The van der Waals surface area contributed by atoms with Crippen molar-refractivity contribution in [2.75, 3.05) is 36.9 Å². The Hall–Kier alpha value is -3.94. The number of hydrogen-bond acceptors (Lipinski definition) is 7. The van der Waals surface area contributed by atoms with Gasteiger partial charge in [0.25, 0.3) is 0 Å². The van der Waals surface area contributed by atoms with E-state index >= 15 is 0 Å². The Bertz CT molecular complexity index is 1270. The molecule has 1 heterocycles. The van der Waals surface area contributed by atoms with E-state index < -0.39 is 28.7 Å². The molecule has 0 saturated carbocycles. The third-order valence-corrected chi connectivity index (χ3v) is 5.60. The van der Waals surface area contributed by atoms with Gasteiger partial charge in [-0.3, -0.25) is 9.63 Å². The summed E-state index contributed by atoms with van der Waals surface area (Å²) in [6, 6.07) is 9.82. The number of nitrogens with zero attached hydrogens (tertiary/aromatic N) is 3. The Balaban J connectivity index is 1.53. The van der Waals surface area contributed by atoms with Gasteiger partial charge >= 0.3 is 18.1 Å². The highest BCUT2D eigenvalue weighted by Gasteiger charge is 2.33. The molecular formula is C25H26ClF3N6O4. The lowest BCUT2D eigenvalue weighted by Crippen LogP contribution is -2.32. The number of benzene rings is 2. The van der Waals surface area contributed by atoms with E-state index in [-0.39, 0.29) is 17.4 Å². The molecular weight excluding hydrogens is 541 g/mol. The molecule has 2 aromatic carbocycles. The molecule has 0 aliphatic heterocycles. The molecule has 3 rings (SSSR count). The molecule has 0 aliphatic carbocycles. The normalized spacial score (nSPS) is 11.3. The number of alkyl halides is 3. The zero-order valence-corrected chi connectivity index (χ0v) is 21.8. The van der Waals surface area contributed by atoms with Crippen LogP contribution < -0.4 is 20.9 Å². The van der Waals surface area contributed by atoms with Crippen LogP contribution in [0.5, 0.6) is 11.6 Å². The van der Waals surface area contributed by atoms with Gasteiger partial charge in [-0.05, 0) is 55.6 Å². The van der Waals surface area contributed by atoms with Crippen LogP contribution in [0.25, 0.3) is 0 Å². The first-order chi connectivity index (χ1) is 18.6. The second-order valence-corrected chi connectivity index (χ2v) is 8.33. The van der Waals surface area contributed by atoms with Crippen LogP contribution in [0, 0.1) is 0 Å². The number of hydroxylamine groups is 1. The lowest BCUT2D eigenvalue weighted by atomic mass is 10.2. The van der Waals surface area contributed by atoms with E-state index in [2.05, 4.69) is 31.0 Å². The van der Waals surface area contributed by atoms with Crippen molar-refractivity contribution in [3.63, 3.8) is 0 Å². The fourth-order valence-electron chi connectivity index (χ4n) is 3.23. The van der Waals surface area contributed by atoms with Crippen LogP contribution in [0.3, 0.4) is 0 Å². The number of halogens is 4. The summed E-state index contributed by atoms with van der Waals surface area (Å²) >= 11 is 5.59. The van der Waals surface area contributed by atoms with Gasteiger partial charge < -0.3 is 20.3 Å². The van der Waals surface area contributed by atoms with E-state index in [9.17, 15) is 22.8 Å². The summed E-state index contributed by atoms with van der Waals surface area (Å²) in [6.07, 6.45) is -3.30. The molecule has 0 bridgehead atoms. The molecule has 0 fully saturated rings. The summed E-state index contributed by atoms with van der Waals surface area (Å²) in [5, 5.41) is 4.35. The molecule has 14 heteroatoms. The third-order valence-electron chi connectivity index (χ3n) is 5.27. The Morgan fingerprint density at radius 3 is 2.33 bits per heavy atom. The molecule has 208 valence electrons. The third kappa shape index (κ3) is 9.09. The van der Waals surface area contributed by atoms with Crippen LogP contribution in [0.2, 0.25) is 5.02 Å². The van der Waals surface area contributed by atoms with Crippen LogP contribution in [0.15, 0.2) is 54.7 Å². The van der Waals surface area contributed by atoms with Crippen LogP contribution >= 0.6 is 11.6 Å². The van der Waals surface area contributed by atoms with Crippen molar-refractivity contribution in [1.29, 1.82) is 0 Å². The van der Waals surface area contributed by atoms with Gasteiger partial charge in [-0.25, -0.2) is 15.3 Å². The van der Waals surface area contributed by atoms with Crippen molar-refractivity contribution >= 4 is 34.9 Å². The molecule has 0 radical (unpaired) electrons. The second-order valence-electron chi connectivity index (χ2n) is 7.92. The number of amides is 3. The number of likely N-dealkylation sites (N-methyl/N-ethyl adjacent to an activating group) is 1. The number of carbonyl (C=O) groups excluding carboxylic acids is 2. The predicted octanol–water partition coefficient (Wildman–Crippen LogP) is 5.59. The highest BCUT2D eigenvalue weighted by molar-refractivity contribution is 6.31. The molecule has 3 amide bonds. The quantitative estimate of drug-likeness (QED) is 0.205. The molecule has 0 saturated heterocycles. The lowest BCUT2D eigenvalue weighted by molar-refractivity contribution is -0.137. The molecule has 3 aromatic rings. The largest absolute Gasteiger partial charge is 0.439 e. The average molecular weight is 567 g/mol. The molecule has 0 spiro atoms. The molecule has 3 N–H and O–H groups in total. The first-order valence-corrected chi connectivity index (χ1v) is 12.2. The van der Waals surface area contributed by atoms with Crippen LogP contribution in [0.4, 0.5) is 29.3 Å². The first kappa shape index (κ1) is 29.6. The number of aromatic nitrogens is 2. The van der Waals surface area contributed by atoms with Gasteiger partial charge in [0.2, 0.25) is 11.7 Å². The monoisotopic (exact) mass is 566 g/mol. The summed E-state index contributed by atoms with van der Waals surface area (Å²) in [6.45, 7) is 6.76. The Morgan fingerprint density at radius 2 is 1.67 bits per heavy atom. The van der Waals surface area contributed by atoms with Crippen LogP contribution in [-0.4, -0.2) is 53.0 Å². The SMILES string of the molecule is CCN(CC)CCONC(=O)c1nccc(Oc2ccc(NC(=O)Nc3ccc(Cl)c(C(F)(F)F)c3)cc2)n1. The molecule has 39 heavy (non-hydrogen) atoms. The highest BCUT2D eigenvalue weighted by Crippen LogP contribution is 2.36. The highest BCUT2D eigenvalue weighted by atomic mass is 35.5. The molecule has 0 unspecified atom stereocenters. The molecule has 0 aliphatic rings. The van der Waals surface area contributed by atoms with Gasteiger partial charge in [-0.2, -0.15) is 18.2 Å². The summed E-state index contributed by atoms with van der Waals surface area (Å²) < 4.78 is 44.7. The van der Waals surface area contributed by atoms with Gasteiger partial charge in [-0.15, -0.1) is 0 Å². The van der Waals surface area contributed by atoms with Crippen molar-refractivity contribution in [2.24, 2.45) is 0 Å². The lowest BCUT2D eigenvalue weighted by Gasteiger charge is -2.17. The number of nitrogens with one attached hydrogen (secondary N) is 3. The van der Waals surface area contributed by atoms with Gasteiger partial charge in [0, 0.05) is 30.2 Å². The fourth-order valence-corrected chi connectivity index (χ4v) is 3.45. The van der Waals surface area contributed by atoms with E-state index in [1.807, 2.05) is 13.8 Å². The predicted molar refractivity (Wildman–Crippen MR) is 139 cm³/mol. The van der Waals surface area contributed by atoms with E-state index in [0.29, 0.717) is 24.6 Å². The maximum Gasteiger partial charge on any atom is 0.417 e. The molecule has 0 atom stereocenters. The van der Waals surface area contributed by atoms with Gasteiger partial charge in [0.05, 0.1) is 17.2 Å². The van der Waals surface area contributed by atoms with E-state index in [1.54, 1.807) is 0 Å². The van der Waals surface area contributed by atoms with Crippen molar-refractivity contribution in [3.8, 4) is 11.6 Å². The van der Waals surface area contributed by atoms with Crippen molar-refractivity contribution < 1.29 is 32.3 Å². The van der Waals surface area contributed by atoms with E-state index in [4.69, 9.17) is 21.2 Å². The zero-order chi connectivity index (χ0) is 28.4. The van der Waals surface area contributed by atoms with Gasteiger partial charge in [0.15, 0.2) is 0 Å². The minimum absolute atomic E-state index is 0.0814. The van der Waals surface area contributed by atoms with Gasteiger partial charge in [0.1, 0.15) is 5.75 Å². The van der Waals surface area contributed by atoms with Gasteiger partial charge in [-0.1, -0.05) is 25.4 Å². The zero-order valence-electron chi connectivity index (χ0n) is 21.0. The van der Waals surface area contributed by atoms with Crippen molar-refractivity contribution in [2.45, 2.75) is 20.0 Å². The number of hydrogen-bond donors (Lipinski definition) is 3. The minimum Gasteiger partial charge on any atom is -0.439 e. The smallest absolute Gasteiger partial charge is 0.417 e. The number of ether oxygens (including phenoxy) is 1. The maximum absolute atomic E-state index is 13.0. The van der Waals surface area contributed by atoms with Crippen LogP contribution in [-0.2, 0) is 11.0 Å². The maximum atomic E-state index is 13.0. The molecule has 10 nitrogen and oxygen atoms in total. The summed E-state index contributed by atoms with van der Waals surface area (Å²) in [7, 11) is 0. The Labute approximate surface area is 227 Å².